The second kappa shape index (κ2) is 8.85. The largest absolute Gasteiger partial charge is 0.421 e. The molecule has 102 valence electrons. The average molecular weight is 268 g/mol. The van der Waals surface area contributed by atoms with Crippen molar-refractivity contribution in [2.24, 2.45) is 0 Å². The maximum Gasteiger partial charge on any atom is 0.335 e. The third-order valence-corrected chi connectivity index (χ3v) is 0.974. The lowest BCUT2D eigenvalue weighted by molar-refractivity contribution is -0.169. The number of halogens is 6. The number of aliphatic hydroxyl groups excluding tert-OH is 1. The predicted molar refractivity (Wildman–Crippen MR) is 44.9 cm³/mol. The Morgan fingerprint density at radius 1 is 1.12 bits per heavy atom. The van der Waals surface area contributed by atoms with Gasteiger partial charge in [-0.1, -0.05) is 6.58 Å². The number of esters is 1. The number of hydrogen-bond donors (Lipinski definition) is 1. The molecule has 3 nitrogen and oxygen atoms in total. The number of rotatable bonds is 4. The van der Waals surface area contributed by atoms with Crippen LogP contribution in [0.25, 0.3) is 0 Å². The second-order valence-electron chi connectivity index (χ2n) is 2.58. The van der Waals surface area contributed by atoms with Crippen LogP contribution < -0.4 is 0 Å². The normalized spacial score (nSPS) is 13.8. The molecule has 0 fully saturated rings. The van der Waals surface area contributed by atoms with Crippen LogP contribution in [0.1, 0.15) is 6.92 Å². The topological polar surface area (TPSA) is 46.5 Å². The molecule has 0 aromatic carbocycles. The van der Waals surface area contributed by atoms with Crippen molar-refractivity contribution in [2.75, 3.05) is 0 Å². The van der Waals surface area contributed by atoms with Crippen LogP contribution in [0.15, 0.2) is 12.2 Å². The van der Waals surface area contributed by atoms with E-state index < -0.39 is 31.5 Å². The van der Waals surface area contributed by atoms with Crippen LogP contribution in [-0.4, -0.2) is 36.6 Å². The lowest BCUT2D eigenvalue weighted by atomic mass is 10.4. The first-order chi connectivity index (χ1) is 7.59. The van der Waals surface area contributed by atoms with Crippen LogP contribution in [0.4, 0.5) is 26.3 Å². The van der Waals surface area contributed by atoms with E-state index in [0.29, 0.717) is 0 Å². The first kappa shape index (κ1) is 18.1. The lowest BCUT2D eigenvalue weighted by Crippen LogP contribution is -2.20. The number of ether oxygens (including phenoxy) is 1. The summed E-state index contributed by atoms with van der Waals surface area (Å²) in [6.45, 7) is 4.32. The zero-order valence-electron chi connectivity index (χ0n) is 8.55. The van der Waals surface area contributed by atoms with Crippen LogP contribution in [0.5, 0.6) is 0 Å². The minimum Gasteiger partial charge on any atom is -0.421 e. The van der Waals surface area contributed by atoms with Gasteiger partial charge in [0.1, 0.15) is 0 Å². The Bertz CT molecular complexity index is 237. The third-order valence-electron chi connectivity index (χ3n) is 0.974. The molecule has 0 amide bonds. The van der Waals surface area contributed by atoms with Gasteiger partial charge in [0.15, 0.2) is 0 Å². The second-order valence-corrected chi connectivity index (χ2v) is 2.58. The van der Waals surface area contributed by atoms with Crippen molar-refractivity contribution in [1.82, 2.24) is 0 Å². The zero-order chi connectivity index (χ0) is 14.2. The van der Waals surface area contributed by atoms with Crippen LogP contribution in [0.2, 0.25) is 0 Å². The fourth-order valence-corrected chi connectivity index (χ4v) is 0.254. The van der Waals surface area contributed by atoms with Crippen molar-refractivity contribution in [3.05, 3.63) is 12.2 Å². The van der Waals surface area contributed by atoms with Crippen molar-refractivity contribution < 1.29 is 41.0 Å². The zero-order valence-corrected chi connectivity index (χ0v) is 8.55. The summed E-state index contributed by atoms with van der Waals surface area (Å²) in [5.74, 6) is -1.15. The van der Waals surface area contributed by atoms with Crippen molar-refractivity contribution in [1.29, 1.82) is 0 Å². The quantitative estimate of drug-likeness (QED) is 0.483. The molecule has 0 aromatic heterocycles. The summed E-state index contributed by atoms with van der Waals surface area (Å²) >= 11 is 0. The van der Waals surface area contributed by atoms with Gasteiger partial charge in [0, 0.05) is 5.57 Å². The minimum absolute atomic E-state index is 0.117. The molecule has 0 saturated heterocycles. The summed E-state index contributed by atoms with van der Waals surface area (Å²) in [7, 11) is 0. The van der Waals surface area contributed by atoms with E-state index in [1.54, 1.807) is 0 Å². The lowest BCUT2D eigenvalue weighted by Gasteiger charge is -2.07. The highest BCUT2D eigenvalue weighted by Crippen LogP contribution is 2.08. The molecule has 0 aliphatic heterocycles. The molecule has 2 unspecified atom stereocenters. The Labute approximate surface area is 92.7 Å². The summed E-state index contributed by atoms with van der Waals surface area (Å²) in [6, 6.07) is 0. The number of hydrogen-bond acceptors (Lipinski definition) is 3. The molecule has 0 spiro atoms. The number of carbonyl (C=O) groups is 1. The number of aliphatic hydroxyl groups is 1. The van der Waals surface area contributed by atoms with E-state index in [2.05, 4.69) is 11.3 Å². The number of carbonyl (C=O) groups excluding carboxylic acids is 1. The van der Waals surface area contributed by atoms with E-state index in [1.807, 2.05) is 0 Å². The summed E-state index contributed by atoms with van der Waals surface area (Å²) < 4.78 is 70.0. The molecule has 0 aromatic rings. The van der Waals surface area contributed by atoms with Crippen molar-refractivity contribution in [2.45, 2.75) is 32.5 Å². The summed E-state index contributed by atoms with van der Waals surface area (Å²) in [5.41, 5.74) is -0.117. The van der Waals surface area contributed by atoms with E-state index in [1.165, 1.54) is 6.92 Å². The molecule has 0 radical (unpaired) electrons. The molecule has 0 heterocycles. The molecule has 0 saturated carbocycles. The molecule has 9 heteroatoms. The molecular weight excluding hydrogens is 258 g/mol. The standard InChI is InChI=1S/C6H7F3O2.C2H3F3O/c1-3(2)6(10)11-5(9)4(7)8;3-1(4)2(5)6/h4-5H,1H2,2H3;1-2,6H. The van der Waals surface area contributed by atoms with E-state index >= 15 is 0 Å². The first-order valence-corrected chi connectivity index (χ1v) is 3.98. The fraction of sp³-hybridized carbons (Fsp3) is 0.625. The van der Waals surface area contributed by atoms with Gasteiger partial charge in [-0.25, -0.2) is 26.7 Å². The van der Waals surface area contributed by atoms with Crippen LogP contribution in [-0.2, 0) is 9.53 Å². The van der Waals surface area contributed by atoms with Crippen LogP contribution in [0, 0.1) is 0 Å². The van der Waals surface area contributed by atoms with Crippen molar-refractivity contribution in [3.8, 4) is 0 Å². The highest BCUT2D eigenvalue weighted by molar-refractivity contribution is 5.87. The molecule has 17 heavy (non-hydrogen) atoms. The van der Waals surface area contributed by atoms with Crippen LogP contribution in [0.3, 0.4) is 0 Å². The van der Waals surface area contributed by atoms with Gasteiger partial charge >= 0.3 is 18.8 Å². The van der Waals surface area contributed by atoms with Gasteiger partial charge in [-0.3, -0.25) is 0 Å². The first-order valence-electron chi connectivity index (χ1n) is 3.98. The number of alkyl halides is 6. The van der Waals surface area contributed by atoms with Gasteiger partial charge in [-0.05, 0) is 6.92 Å². The third kappa shape index (κ3) is 11.0. The fourth-order valence-electron chi connectivity index (χ4n) is 0.254. The molecule has 0 bridgehead atoms. The highest BCUT2D eigenvalue weighted by Gasteiger charge is 2.23. The smallest absolute Gasteiger partial charge is 0.335 e. The Hall–Kier alpha value is -1.25. The molecule has 0 aliphatic carbocycles. The summed E-state index contributed by atoms with van der Waals surface area (Å²) in [5, 5.41) is 7.21. The summed E-state index contributed by atoms with van der Waals surface area (Å²) in [4.78, 5) is 10.4. The molecule has 0 aliphatic rings. The van der Waals surface area contributed by atoms with E-state index in [0.717, 1.165) is 0 Å². The van der Waals surface area contributed by atoms with Gasteiger partial charge in [-0.15, -0.1) is 0 Å². The van der Waals surface area contributed by atoms with Gasteiger partial charge in [-0.2, -0.15) is 4.39 Å². The Morgan fingerprint density at radius 2 is 1.47 bits per heavy atom. The predicted octanol–water partition coefficient (Wildman–Crippen LogP) is 2.21. The Morgan fingerprint density at radius 3 is 1.65 bits per heavy atom. The highest BCUT2D eigenvalue weighted by atomic mass is 19.3. The van der Waals surface area contributed by atoms with E-state index in [4.69, 9.17) is 5.11 Å². The maximum absolute atomic E-state index is 11.9. The van der Waals surface area contributed by atoms with E-state index in [-0.39, 0.29) is 5.57 Å². The minimum atomic E-state index is -3.31. The van der Waals surface area contributed by atoms with Crippen molar-refractivity contribution >= 4 is 5.97 Å². The molecule has 2 atom stereocenters. The van der Waals surface area contributed by atoms with E-state index in [9.17, 15) is 31.1 Å². The molecular formula is C8H10F6O3. The molecule has 1 N–H and O–H groups in total. The van der Waals surface area contributed by atoms with Gasteiger partial charge < -0.3 is 9.84 Å². The van der Waals surface area contributed by atoms with Gasteiger partial charge in [0.05, 0.1) is 0 Å². The van der Waals surface area contributed by atoms with Crippen LogP contribution >= 0.6 is 0 Å². The van der Waals surface area contributed by atoms with Crippen molar-refractivity contribution in [3.63, 3.8) is 0 Å². The maximum atomic E-state index is 11.9. The van der Waals surface area contributed by atoms with Gasteiger partial charge in [0.2, 0.25) is 0 Å². The molecule has 0 rings (SSSR count). The summed E-state index contributed by atoms with van der Waals surface area (Å²) in [6.07, 6.45) is -12.4. The SMILES string of the molecule is C=C(C)C(=O)OC(F)C(F)F.OC(F)C(F)F. The Kier molecular flexibility index (Phi) is 9.44. The van der Waals surface area contributed by atoms with Gasteiger partial charge in [0.25, 0.3) is 12.8 Å². The Balaban J connectivity index is 0. The monoisotopic (exact) mass is 268 g/mol. The average Bonchev–Trinajstić information content (AvgIpc) is 2.17.